The van der Waals surface area contributed by atoms with Crippen molar-refractivity contribution in [2.45, 2.75) is 32.7 Å². The van der Waals surface area contributed by atoms with E-state index in [-0.39, 0.29) is 5.91 Å². The van der Waals surface area contributed by atoms with Gasteiger partial charge in [-0.15, -0.1) is 11.3 Å². The molecule has 0 aromatic carbocycles. The number of aromatic nitrogens is 2. The Balaban J connectivity index is 1.43. The zero-order chi connectivity index (χ0) is 16.9. The molecule has 0 radical (unpaired) electrons. The maximum Gasteiger partial charge on any atom is 0.227 e. The zero-order valence-corrected chi connectivity index (χ0v) is 15.3. The van der Waals surface area contributed by atoms with Gasteiger partial charge >= 0.3 is 0 Å². The van der Waals surface area contributed by atoms with Crippen LogP contribution >= 0.6 is 11.3 Å². The van der Waals surface area contributed by atoms with Gasteiger partial charge in [0.2, 0.25) is 5.91 Å². The number of thiophene rings is 1. The van der Waals surface area contributed by atoms with Crippen LogP contribution in [0.5, 0.6) is 0 Å². The number of hydrogen-bond acceptors (Lipinski definition) is 4. The van der Waals surface area contributed by atoms with Gasteiger partial charge in [-0.1, -0.05) is 19.9 Å². The number of imidazole rings is 1. The van der Waals surface area contributed by atoms with Crippen LogP contribution in [0, 0.1) is 0 Å². The summed E-state index contributed by atoms with van der Waals surface area (Å²) in [5, 5.41) is 2.03. The molecular formula is C18H26N4OS. The molecule has 0 aliphatic carbocycles. The molecule has 3 heterocycles. The zero-order valence-electron chi connectivity index (χ0n) is 14.5. The Morgan fingerprint density at radius 2 is 2.04 bits per heavy atom. The third kappa shape index (κ3) is 4.24. The van der Waals surface area contributed by atoms with Crippen molar-refractivity contribution < 1.29 is 4.79 Å². The molecule has 0 unspecified atom stereocenters. The normalized spacial score (nSPS) is 16.0. The van der Waals surface area contributed by atoms with Crippen molar-refractivity contribution in [2.75, 3.05) is 32.7 Å². The average molecular weight is 347 g/mol. The summed E-state index contributed by atoms with van der Waals surface area (Å²) in [5.41, 5.74) is 0. The summed E-state index contributed by atoms with van der Waals surface area (Å²) in [6.45, 7) is 9.94. The molecule has 0 atom stereocenters. The fourth-order valence-corrected chi connectivity index (χ4v) is 3.85. The smallest absolute Gasteiger partial charge is 0.227 e. The van der Waals surface area contributed by atoms with E-state index >= 15 is 0 Å². The van der Waals surface area contributed by atoms with Gasteiger partial charge in [0.05, 0.1) is 6.42 Å². The number of hydrogen-bond donors (Lipinski definition) is 0. The standard InChI is InChI=1S/C18H26N4OS/c1-15(2)18-19-5-6-22(18)12-9-20-7-10-21(11-8-20)17(23)14-16-4-3-13-24-16/h3-6,13,15H,7-12,14H2,1-2H3. The Morgan fingerprint density at radius 1 is 1.25 bits per heavy atom. The summed E-state index contributed by atoms with van der Waals surface area (Å²) in [6.07, 6.45) is 4.50. The molecule has 5 nitrogen and oxygen atoms in total. The molecule has 2 aromatic heterocycles. The highest BCUT2D eigenvalue weighted by Gasteiger charge is 2.21. The first kappa shape index (κ1) is 17.2. The lowest BCUT2D eigenvalue weighted by atomic mass is 10.2. The number of piperazine rings is 1. The highest BCUT2D eigenvalue weighted by molar-refractivity contribution is 7.10. The van der Waals surface area contributed by atoms with Crippen LogP contribution in [0.15, 0.2) is 29.9 Å². The van der Waals surface area contributed by atoms with Crippen LogP contribution < -0.4 is 0 Å². The summed E-state index contributed by atoms with van der Waals surface area (Å²) in [4.78, 5) is 22.4. The Hall–Kier alpha value is -1.66. The van der Waals surface area contributed by atoms with Gasteiger partial charge in [-0.05, 0) is 11.4 Å². The van der Waals surface area contributed by atoms with E-state index < -0.39 is 0 Å². The molecule has 3 rings (SSSR count). The van der Waals surface area contributed by atoms with Crippen LogP contribution in [-0.4, -0.2) is 58.0 Å². The molecule has 1 aliphatic heterocycles. The third-order valence-electron chi connectivity index (χ3n) is 4.55. The number of amides is 1. The van der Waals surface area contributed by atoms with Gasteiger partial charge in [-0.2, -0.15) is 0 Å². The van der Waals surface area contributed by atoms with E-state index in [1.807, 2.05) is 28.6 Å². The largest absolute Gasteiger partial charge is 0.340 e. The van der Waals surface area contributed by atoms with Gasteiger partial charge in [0.1, 0.15) is 5.82 Å². The van der Waals surface area contributed by atoms with Crippen molar-refractivity contribution in [3.05, 3.63) is 40.6 Å². The predicted octanol–water partition coefficient (Wildman–Crippen LogP) is 2.45. The van der Waals surface area contributed by atoms with Crippen molar-refractivity contribution in [3.8, 4) is 0 Å². The molecule has 130 valence electrons. The molecule has 1 fully saturated rings. The van der Waals surface area contributed by atoms with Crippen LogP contribution in [0.3, 0.4) is 0 Å². The second-order valence-corrected chi connectivity index (χ2v) is 7.64. The molecule has 1 aliphatic rings. The molecule has 0 N–H and O–H groups in total. The van der Waals surface area contributed by atoms with E-state index in [4.69, 9.17) is 0 Å². The second-order valence-electron chi connectivity index (χ2n) is 6.61. The number of carbonyl (C=O) groups is 1. The minimum atomic E-state index is 0.258. The quantitative estimate of drug-likeness (QED) is 0.807. The van der Waals surface area contributed by atoms with Crippen LogP contribution in [0.25, 0.3) is 0 Å². The van der Waals surface area contributed by atoms with Crippen LogP contribution in [0.2, 0.25) is 0 Å². The molecule has 6 heteroatoms. The summed E-state index contributed by atoms with van der Waals surface area (Å²) < 4.78 is 2.25. The minimum absolute atomic E-state index is 0.258. The van der Waals surface area contributed by atoms with Gasteiger partial charge in [0.25, 0.3) is 0 Å². The second kappa shape index (κ2) is 7.94. The summed E-state index contributed by atoms with van der Waals surface area (Å²) in [5.74, 6) is 1.86. The molecule has 0 bridgehead atoms. The molecular weight excluding hydrogens is 320 g/mol. The monoisotopic (exact) mass is 346 g/mol. The van der Waals surface area contributed by atoms with Crippen LogP contribution in [-0.2, 0) is 17.8 Å². The lowest BCUT2D eigenvalue weighted by molar-refractivity contribution is -0.132. The van der Waals surface area contributed by atoms with Gasteiger partial charge in [0.15, 0.2) is 0 Å². The number of carbonyl (C=O) groups excluding carboxylic acids is 1. The van der Waals surface area contributed by atoms with Gasteiger partial charge in [-0.3, -0.25) is 9.69 Å². The summed E-state index contributed by atoms with van der Waals surface area (Å²) in [6, 6.07) is 4.04. The van der Waals surface area contributed by atoms with E-state index in [1.165, 1.54) is 0 Å². The van der Waals surface area contributed by atoms with Crippen LogP contribution in [0.1, 0.15) is 30.5 Å². The molecule has 0 spiro atoms. The van der Waals surface area contributed by atoms with Crippen molar-refractivity contribution in [3.63, 3.8) is 0 Å². The van der Waals surface area contributed by atoms with Crippen molar-refractivity contribution >= 4 is 17.2 Å². The first-order valence-corrected chi connectivity index (χ1v) is 9.55. The van der Waals surface area contributed by atoms with E-state index in [2.05, 4.69) is 34.5 Å². The highest BCUT2D eigenvalue weighted by atomic mass is 32.1. The van der Waals surface area contributed by atoms with Gasteiger partial charge in [0, 0.05) is 62.5 Å². The van der Waals surface area contributed by atoms with Gasteiger partial charge in [-0.25, -0.2) is 4.98 Å². The molecule has 24 heavy (non-hydrogen) atoms. The van der Waals surface area contributed by atoms with E-state index in [0.717, 1.165) is 50.0 Å². The van der Waals surface area contributed by atoms with Crippen molar-refractivity contribution in [1.82, 2.24) is 19.4 Å². The molecule has 0 saturated carbocycles. The average Bonchev–Trinajstić information content (AvgIpc) is 3.24. The Bertz CT molecular complexity index is 642. The van der Waals surface area contributed by atoms with E-state index in [1.54, 1.807) is 11.3 Å². The van der Waals surface area contributed by atoms with E-state index in [0.29, 0.717) is 12.3 Å². The summed E-state index contributed by atoms with van der Waals surface area (Å²) >= 11 is 1.66. The molecule has 2 aromatic rings. The maximum atomic E-state index is 12.3. The first-order chi connectivity index (χ1) is 11.6. The lowest BCUT2D eigenvalue weighted by Crippen LogP contribution is -2.49. The summed E-state index contributed by atoms with van der Waals surface area (Å²) in [7, 11) is 0. The Labute approximate surface area is 147 Å². The fraction of sp³-hybridized carbons (Fsp3) is 0.556. The first-order valence-electron chi connectivity index (χ1n) is 8.67. The molecule has 1 saturated heterocycles. The van der Waals surface area contributed by atoms with Crippen LogP contribution in [0.4, 0.5) is 0 Å². The molecule has 1 amide bonds. The fourth-order valence-electron chi connectivity index (χ4n) is 3.15. The highest BCUT2D eigenvalue weighted by Crippen LogP contribution is 2.13. The third-order valence-corrected chi connectivity index (χ3v) is 5.43. The predicted molar refractivity (Wildman–Crippen MR) is 97.4 cm³/mol. The topological polar surface area (TPSA) is 41.4 Å². The number of rotatable bonds is 6. The Kier molecular flexibility index (Phi) is 5.68. The maximum absolute atomic E-state index is 12.3. The minimum Gasteiger partial charge on any atom is -0.340 e. The van der Waals surface area contributed by atoms with Crippen molar-refractivity contribution in [2.24, 2.45) is 0 Å². The number of nitrogens with zero attached hydrogens (tertiary/aromatic N) is 4. The Morgan fingerprint density at radius 3 is 2.71 bits per heavy atom. The lowest BCUT2D eigenvalue weighted by Gasteiger charge is -2.35. The SMILES string of the molecule is CC(C)c1nccn1CCN1CCN(C(=O)Cc2cccs2)CC1. The van der Waals surface area contributed by atoms with E-state index in [9.17, 15) is 4.79 Å². The van der Waals surface area contributed by atoms with Crippen molar-refractivity contribution in [1.29, 1.82) is 0 Å². The van der Waals surface area contributed by atoms with Gasteiger partial charge < -0.3 is 9.47 Å².